The number of rotatable bonds is 3. The van der Waals surface area contributed by atoms with Crippen LogP contribution in [0.1, 0.15) is 18.4 Å². The minimum atomic E-state index is 0.164. The number of urea groups is 1. The predicted octanol–water partition coefficient (Wildman–Crippen LogP) is 1.93. The van der Waals surface area contributed by atoms with E-state index in [4.69, 9.17) is 9.47 Å². The fourth-order valence-corrected chi connectivity index (χ4v) is 3.08. The zero-order valence-corrected chi connectivity index (χ0v) is 13.7. The van der Waals surface area contributed by atoms with E-state index in [9.17, 15) is 4.79 Å². The molecule has 0 spiro atoms. The van der Waals surface area contributed by atoms with Crippen LogP contribution in [-0.4, -0.2) is 66.8 Å². The number of piperidine rings is 1. The van der Waals surface area contributed by atoms with E-state index in [0.717, 1.165) is 37.2 Å². The number of aromatic nitrogens is 1. The molecule has 0 aliphatic carbocycles. The summed E-state index contributed by atoms with van der Waals surface area (Å²) < 4.78 is 11.2. The van der Waals surface area contributed by atoms with Crippen molar-refractivity contribution in [3.05, 3.63) is 24.0 Å². The predicted molar refractivity (Wildman–Crippen MR) is 86.6 cm³/mol. The molecular weight excluding hydrogens is 294 g/mol. The van der Waals surface area contributed by atoms with Gasteiger partial charge in [-0.05, 0) is 31.7 Å². The van der Waals surface area contributed by atoms with Gasteiger partial charge in [-0.1, -0.05) is 0 Å². The SMILES string of the molecule is Cc1cnccc1OCC1CCN(C(=O)N2CCOCC2)CC1. The van der Waals surface area contributed by atoms with Gasteiger partial charge in [-0.25, -0.2) is 4.79 Å². The summed E-state index contributed by atoms with van der Waals surface area (Å²) in [7, 11) is 0. The standard InChI is InChI=1S/C17H25N3O3/c1-14-12-18-5-2-16(14)23-13-15-3-6-19(7-4-15)17(21)20-8-10-22-11-9-20/h2,5,12,15H,3-4,6-11,13H2,1H3. The number of ether oxygens (including phenoxy) is 2. The van der Waals surface area contributed by atoms with Crippen LogP contribution in [0.15, 0.2) is 18.5 Å². The largest absolute Gasteiger partial charge is 0.493 e. The molecule has 23 heavy (non-hydrogen) atoms. The van der Waals surface area contributed by atoms with Crippen LogP contribution in [0.25, 0.3) is 0 Å². The van der Waals surface area contributed by atoms with Crippen LogP contribution in [0.2, 0.25) is 0 Å². The second-order valence-electron chi connectivity index (χ2n) is 6.26. The maximum Gasteiger partial charge on any atom is 0.320 e. The number of carbonyl (C=O) groups is 1. The molecule has 0 N–H and O–H groups in total. The second-order valence-corrected chi connectivity index (χ2v) is 6.26. The minimum absolute atomic E-state index is 0.164. The molecule has 6 nitrogen and oxygen atoms in total. The highest BCUT2D eigenvalue weighted by Gasteiger charge is 2.27. The Morgan fingerprint density at radius 3 is 2.65 bits per heavy atom. The second kappa shape index (κ2) is 7.64. The molecule has 2 amide bonds. The van der Waals surface area contributed by atoms with Crippen molar-refractivity contribution in [1.29, 1.82) is 0 Å². The molecular formula is C17H25N3O3. The molecule has 0 bridgehead atoms. The first kappa shape index (κ1) is 16.1. The number of hydrogen-bond donors (Lipinski definition) is 0. The van der Waals surface area contributed by atoms with Crippen LogP contribution in [0.5, 0.6) is 5.75 Å². The van der Waals surface area contributed by atoms with Crippen LogP contribution in [0.4, 0.5) is 4.79 Å². The van der Waals surface area contributed by atoms with Crippen LogP contribution >= 0.6 is 0 Å². The molecule has 2 saturated heterocycles. The molecule has 0 aromatic carbocycles. The molecule has 0 saturated carbocycles. The maximum absolute atomic E-state index is 12.4. The van der Waals surface area contributed by atoms with Gasteiger partial charge in [0.05, 0.1) is 19.8 Å². The Hall–Kier alpha value is -1.82. The van der Waals surface area contributed by atoms with Gasteiger partial charge in [0.25, 0.3) is 0 Å². The van der Waals surface area contributed by atoms with Crippen LogP contribution < -0.4 is 4.74 Å². The number of pyridine rings is 1. The third-order valence-corrected chi connectivity index (χ3v) is 4.61. The Labute approximate surface area is 137 Å². The maximum atomic E-state index is 12.4. The molecule has 2 aliphatic heterocycles. The summed E-state index contributed by atoms with van der Waals surface area (Å²) in [4.78, 5) is 20.4. The van der Waals surface area contributed by atoms with Gasteiger partial charge < -0.3 is 19.3 Å². The number of amides is 2. The van der Waals surface area contributed by atoms with Gasteiger partial charge in [-0.15, -0.1) is 0 Å². The molecule has 1 aromatic rings. The average molecular weight is 319 g/mol. The number of hydrogen-bond acceptors (Lipinski definition) is 4. The van der Waals surface area contributed by atoms with Crippen molar-refractivity contribution in [3.63, 3.8) is 0 Å². The molecule has 0 radical (unpaired) electrons. The van der Waals surface area contributed by atoms with Gasteiger partial charge in [0.1, 0.15) is 5.75 Å². The van der Waals surface area contributed by atoms with Crippen molar-refractivity contribution in [2.75, 3.05) is 46.0 Å². The first-order valence-electron chi connectivity index (χ1n) is 8.39. The van der Waals surface area contributed by atoms with Gasteiger partial charge in [0.15, 0.2) is 0 Å². The first-order valence-corrected chi connectivity index (χ1v) is 8.39. The van der Waals surface area contributed by atoms with Crippen LogP contribution in [0, 0.1) is 12.8 Å². The molecule has 2 fully saturated rings. The molecule has 2 aliphatic rings. The minimum Gasteiger partial charge on any atom is -0.493 e. The van der Waals surface area contributed by atoms with Crippen molar-refractivity contribution in [3.8, 4) is 5.75 Å². The third-order valence-electron chi connectivity index (χ3n) is 4.61. The summed E-state index contributed by atoms with van der Waals surface area (Å²) in [5, 5.41) is 0. The first-order chi connectivity index (χ1) is 11.2. The van der Waals surface area contributed by atoms with Crippen molar-refractivity contribution < 1.29 is 14.3 Å². The molecule has 3 rings (SSSR count). The van der Waals surface area contributed by atoms with E-state index in [-0.39, 0.29) is 6.03 Å². The van der Waals surface area contributed by atoms with Crippen LogP contribution in [0.3, 0.4) is 0 Å². The quantitative estimate of drug-likeness (QED) is 0.854. The summed E-state index contributed by atoms with van der Waals surface area (Å²) >= 11 is 0. The Morgan fingerprint density at radius 1 is 1.26 bits per heavy atom. The lowest BCUT2D eigenvalue weighted by molar-refractivity contribution is 0.0389. The fourth-order valence-electron chi connectivity index (χ4n) is 3.08. The smallest absolute Gasteiger partial charge is 0.320 e. The molecule has 6 heteroatoms. The topological polar surface area (TPSA) is 54.9 Å². The van der Waals surface area contributed by atoms with Crippen molar-refractivity contribution in [2.24, 2.45) is 5.92 Å². The number of morpholine rings is 1. The number of likely N-dealkylation sites (tertiary alicyclic amines) is 1. The highest BCUT2D eigenvalue weighted by Crippen LogP contribution is 2.22. The molecule has 1 aromatic heterocycles. The van der Waals surface area contributed by atoms with Gasteiger partial charge in [0, 0.05) is 44.1 Å². The van der Waals surface area contributed by atoms with E-state index >= 15 is 0 Å². The Morgan fingerprint density at radius 2 is 1.96 bits per heavy atom. The summed E-state index contributed by atoms with van der Waals surface area (Å²) in [5.41, 5.74) is 1.06. The van der Waals surface area contributed by atoms with Gasteiger partial charge in [-0.2, -0.15) is 0 Å². The lowest BCUT2D eigenvalue weighted by Crippen LogP contribution is -2.50. The summed E-state index contributed by atoms with van der Waals surface area (Å²) in [6.45, 7) is 7.09. The molecule has 126 valence electrons. The normalized spacial score (nSPS) is 19.7. The highest BCUT2D eigenvalue weighted by atomic mass is 16.5. The van der Waals surface area contributed by atoms with E-state index < -0.39 is 0 Å². The third kappa shape index (κ3) is 4.13. The van der Waals surface area contributed by atoms with Crippen LogP contribution in [-0.2, 0) is 4.74 Å². The number of nitrogens with zero attached hydrogens (tertiary/aromatic N) is 3. The van der Waals surface area contributed by atoms with E-state index in [0.29, 0.717) is 38.8 Å². The van der Waals surface area contributed by atoms with Crippen molar-refractivity contribution >= 4 is 6.03 Å². The van der Waals surface area contributed by atoms with E-state index in [1.54, 1.807) is 6.20 Å². The zero-order valence-electron chi connectivity index (χ0n) is 13.7. The van der Waals surface area contributed by atoms with E-state index in [1.807, 2.05) is 29.0 Å². The van der Waals surface area contributed by atoms with Crippen molar-refractivity contribution in [2.45, 2.75) is 19.8 Å². The van der Waals surface area contributed by atoms with E-state index in [1.165, 1.54) is 0 Å². The fraction of sp³-hybridized carbons (Fsp3) is 0.647. The number of carbonyl (C=O) groups excluding carboxylic acids is 1. The summed E-state index contributed by atoms with van der Waals surface area (Å²) in [5.74, 6) is 1.42. The Bertz CT molecular complexity index is 524. The van der Waals surface area contributed by atoms with Gasteiger partial charge >= 0.3 is 6.03 Å². The highest BCUT2D eigenvalue weighted by molar-refractivity contribution is 5.74. The van der Waals surface area contributed by atoms with Gasteiger partial charge in [0.2, 0.25) is 0 Å². The zero-order chi connectivity index (χ0) is 16.1. The van der Waals surface area contributed by atoms with Crippen molar-refractivity contribution in [1.82, 2.24) is 14.8 Å². The van der Waals surface area contributed by atoms with E-state index in [2.05, 4.69) is 4.98 Å². The lowest BCUT2D eigenvalue weighted by Gasteiger charge is -2.37. The number of aryl methyl sites for hydroxylation is 1. The molecule has 3 heterocycles. The Balaban J connectivity index is 1.43. The monoisotopic (exact) mass is 319 g/mol. The van der Waals surface area contributed by atoms with Gasteiger partial charge in [-0.3, -0.25) is 4.98 Å². The molecule has 0 atom stereocenters. The molecule has 0 unspecified atom stereocenters. The lowest BCUT2D eigenvalue weighted by atomic mass is 9.98. The summed E-state index contributed by atoms with van der Waals surface area (Å²) in [6, 6.07) is 2.07. The Kier molecular flexibility index (Phi) is 5.33. The summed E-state index contributed by atoms with van der Waals surface area (Å²) in [6.07, 6.45) is 5.57. The average Bonchev–Trinajstić information content (AvgIpc) is 2.62.